The zero-order valence-electron chi connectivity index (χ0n) is 19.2. The molecule has 4 nitrogen and oxygen atoms in total. The maximum atomic E-state index is 7.65. The van der Waals surface area contributed by atoms with Crippen LogP contribution < -0.4 is 0 Å². The second-order valence-electron chi connectivity index (χ2n) is 7.65. The zero-order chi connectivity index (χ0) is 22.5. The Bertz CT molecular complexity index is 1440. The van der Waals surface area contributed by atoms with Crippen molar-refractivity contribution in [2.24, 2.45) is 0 Å². The van der Waals surface area contributed by atoms with Gasteiger partial charge in [0.2, 0.25) is 11.4 Å². The summed E-state index contributed by atoms with van der Waals surface area (Å²) < 4.78 is 28.9. The molecule has 0 aliphatic heterocycles. The Morgan fingerprint density at radius 3 is 2.59 bits per heavy atom. The van der Waals surface area contributed by atoms with E-state index in [-0.39, 0.29) is 11.0 Å². The van der Waals surface area contributed by atoms with Gasteiger partial charge in [-0.05, 0) is 48.3 Å². The van der Waals surface area contributed by atoms with Gasteiger partial charge in [0.1, 0.15) is 0 Å². The average Bonchev–Trinajstić information content (AvgIpc) is 3.16. The van der Waals surface area contributed by atoms with Gasteiger partial charge >= 0.3 is 0 Å². The van der Waals surface area contributed by atoms with Crippen LogP contribution in [-0.4, -0.2) is 15.0 Å². The number of fused-ring (bicyclic) bond motifs is 3. The van der Waals surface area contributed by atoms with E-state index in [1.165, 1.54) is 17.8 Å². The van der Waals surface area contributed by atoms with Crippen molar-refractivity contribution in [3.05, 3.63) is 89.9 Å². The van der Waals surface area contributed by atoms with Gasteiger partial charge in [-0.1, -0.05) is 44.2 Å². The van der Waals surface area contributed by atoms with Crippen LogP contribution in [0.3, 0.4) is 0 Å². The van der Waals surface area contributed by atoms with E-state index in [2.05, 4.69) is 35.9 Å². The van der Waals surface area contributed by atoms with Gasteiger partial charge in [0.25, 0.3) is 0 Å². The van der Waals surface area contributed by atoms with Gasteiger partial charge in [-0.15, -0.1) is 0 Å². The smallest absolute Gasteiger partial charge is 0.229 e. The van der Waals surface area contributed by atoms with Crippen LogP contribution in [0.4, 0.5) is 0 Å². The van der Waals surface area contributed by atoms with Crippen LogP contribution in [0.5, 0.6) is 0 Å². The van der Waals surface area contributed by atoms with E-state index in [0.717, 1.165) is 22.0 Å². The Morgan fingerprint density at radius 2 is 1.76 bits per heavy atom. The number of pyridine rings is 3. The molecule has 1 aromatic carbocycles. The van der Waals surface area contributed by atoms with Crippen LogP contribution in [0, 0.1) is 6.85 Å². The SMILES string of the molecule is [2H]C([2H])([2H])c1ccnc(-c2cnc3oc4nc(C(C)(C)c5ccccc5)ccc4c3c2)c1. The molecular weight excluding hydrogens is 358 g/mol. The molecule has 0 amide bonds. The third-order valence-corrected chi connectivity index (χ3v) is 5.39. The molecule has 0 atom stereocenters. The molecule has 0 radical (unpaired) electrons. The van der Waals surface area contributed by atoms with Gasteiger partial charge in [0.05, 0.1) is 16.8 Å². The molecule has 0 saturated heterocycles. The number of aromatic nitrogens is 3. The molecule has 5 rings (SSSR count). The summed E-state index contributed by atoms with van der Waals surface area (Å²) in [6, 6.07) is 19.3. The Kier molecular flexibility index (Phi) is 3.25. The molecule has 142 valence electrons. The number of benzene rings is 1. The number of nitrogens with zero attached hydrogens (tertiary/aromatic N) is 3. The van der Waals surface area contributed by atoms with Crippen molar-refractivity contribution < 1.29 is 8.53 Å². The Morgan fingerprint density at radius 1 is 0.897 bits per heavy atom. The van der Waals surface area contributed by atoms with Crippen LogP contribution in [0.15, 0.2) is 77.5 Å². The Hall–Kier alpha value is -3.53. The number of aryl methyl sites for hydroxylation is 1. The van der Waals surface area contributed by atoms with E-state index < -0.39 is 6.85 Å². The van der Waals surface area contributed by atoms with Crippen molar-refractivity contribution >= 4 is 22.2 Å². The van der Waals surface area contributed by atoms with Gasteiger partial charge in [0.15, 0.2) is 0 Å². The lowest BCUT2D eigenvalue weighted by Gasteiger charge is -2.24. The lowest BCUT2D eigenvalue weighted by molar-refractivity contribution is 0.597. The van der Waals surface area contributed by atoms with E-state index in [4.69, 9.17) is 13.5 Å². The van der Waals surface area contributed by atoms with Crippen molar-refractivity contribution in [3.8, 4) is 11.3 Å². The highest BCUT2D eigenvalue weighted by molar-refractivity contribution is 6.03. The Labute approximate surface area is 173 Å². The summed E-state index contributed by atoms with van der Waals surface area (Å²) in [5, 5.41) is 1.67. The minimum Gasteiger partial charge on any atom is -0.419 e. The lowest BCUT2D eigenvalue weighted by atomic mass is 9.81. The van der Waals surface area contributed by atoms with Crippen LogP contribution in [0.2, 0.25) is 0 Å². The first-order chi connectivity index (χ1) is 15.2. The second kappa shape index (κ2) is 6.52. The van der Waals surface area contributed by atoms with Crippen molar-refractivity contribution in [2.45, 2.75) is 26.1 Å². The third-order valence-electron chi connectivity index (χ3n) is 5.39. The summed E-state index contributed by atoms with van der Waals surface area (Å²) in [6.45, 7) is 2.08. The quantitative estimate of drug-likeness (QED) is 0.380. The highest BCUT2D eigenvalue weighted by atomic mass is 16.3. The van der Waals surface area contributed by atoms with Gasteiger partial charge in [0, 0.05) is 32.9 Å². The third kappa shape index (κ3) is 2.97. The molecular formula is C25H21N3O. The monoisotopic (exact) mass is 382 g/mol. The highest BCUT2D eigenvalue weighted by Gasteiger charge is 2.25. The van der Waals surface area contributed by atoms with Gasteiger partial charge in [-0.3, -0.25) is 4.98 Å². The Balaban J connectivity index is 1.60. The molecule has 0 bridgehead atoms. The van der Waals surface area contributed by atoms with Crippen molar-refractivity contribution in [2.75, 3.05) is 0 Å². The fourth-order valence-electron chi connectivity index (χ4n) is 3.62. The van der Waals surface area contributed by atoms with Crippen molar-refractivity contribution in [1.29, 1.82) is 0 Å². The first-order valence-electron chi connectivity index (χ1n) is 11.0. The number of hydrogen-bond donors (Lipinski definition) is 0. The molecule has 4 heteroatoms. The summed E-state index contributed by atoms with van der Waals surface area (Å²) in [7, 11) is 0. The maximum absolute atomic E-state index is 7.65. The molecule has 0 aliphatic carbocycles. The minimum absolute atomic E-state index is 0.245. The first-order valence-corrected chi connectivity index (χ1v) is 9.46. The fourth-order valence-corrected chi connectivity index (χ4v) is 3.62. The largest absolute Gasteiger partial charge is 0.419 e. The van der Waals surface area contributed by atoms with Crippen LogP contribution in [0.1, 0.15) is 34.8 Å². The van der Waals surface area contributed by atoms with E-state index >= 15 is 0 Å². The summed E-state index contributed by atoms with van der Waals surface area (Å²) in [5.74, 6) is 0. The number of hydrogen-bond acceptors (Lipinski definition) is 4. The molecule has 0 saturated carbocycles. The van der Waals surface area contributed by atoms with Crippen LogP contribution >= 0.6 is 0 Å². The number of rotatable bonds is 3. The lowest BCUT2D eigenvalue weighted by Crippen LogP contribution is -2.20. The molecule has 0 unspecified atom stereocenters. The molecule has 0 spiro atoms. The van der Waals surface area contributed by atoms with Crippen LogP contribution in [-0.2, 0) is 5.41 Å². The number of furan rings is 1. The topological polar surface area (TPSA) is 51.8 Å². The zero-order valence-corrected chi connectivity index (χ0v) is 16.2. The maximum Gasteiger partial charge on any atom is 0.229 e. The average molecular weight is 382 g/mol. The normalized spacial score (nSPS) is 13.9. The van der Waals surface area contributed by atoms with Crippen molar-refractivity contribution in [3.63, 3.8) is 0 Å². The predicted molar refractivity (Wildman–Crippen MR) is 116 cm³/mol. The van der Waals surface area contributed by atoms with Crippen LogP contribution in [0.25, 0.3) is 33.5 Å². The van der Waals surface area contributed by atoms with E-state index in [9.17, 15) is 0 Å². The molecule has 29 heavy (non-hydrogen) atoms. The highest BCUT2D eigenvalue weighted by Crippen LogP contribution is 2.34. The predicted octanol–water partition coefficient (Wildman–Crippen LogP) is 6.07. The van der Waals surface area contributed by atoms with E-state index in [1.807, 2.05) is 36.4 Å². The van der Waals surface area contributed by atoms with E-state index in [1.54, 1.807) is 12.3 Å². The first kappa shape index (κ1) is 14.5. The van der Waals surface area contributed by atoms with Gasteiger partial charge in [-0.2, -0.15) is 0 Å². The molecule has 5 aromatic rings. The van der Waals surface area contributed by atoms with Crippen molar-refractivity contribution in [1.82, 2.24) is 15.0 Å². The fraction of sp³-hybridized carbons (Fsp3) is 0.160. The summed E-state index contributed by atoms with van der Waals surface area (Å²) in [4.78, 5) is 13.6. The van der Waals surface area contributed by atoms with Gasteiger partial charge < -0.3 is 4.42 Å². The molecule has 4 heterocycles. The second-order valence-corrected chi connectivity index (χ2v) is 7.65. The summed E-state index contributed by atoms with van der Waals surface area (Å²) >= 11 is 0. The molecule has 0 N–H and O–H groups in total. The standard InChI is InChI=1S/C25H21N3O/c1-16-11-12-26-21(13-16)17-14-20-19-9-10-22(28-24(19)29-23(20)27-15-17)25(2,3)18-7-5-4-6-8-18/h4-15H,1-3H3/i1D3. The minimum atomic E-state index is -2.19. The molecule has 4 aromatic heterocycles. The summed E-state index contributed by atoms with van der Waals surface area (Å²) in [6.07, 6.45) is 3.15. The summed E-state index contributed by atoms with van der Waals surface area (Å²) in [5.41, 5.74) is 4.32. The van der Waals surface area contributed by atoms with E-state index in [0.29, 0.717) is 17.1 Å². The molecule has 0 fully saturated rings. The van der Waals surface area contributed by atoms with Gasteiger partial charge in [-0.25, -0.2) is 9.97 Å². The molecule has 0 aliphatic rings.